The van der Waals surface area contributed by atoms with Gasteiger partial charge in [-0.2, -0.15) is 0 Å². The first kappa shape index (κ1) is 10.8. The minimum absolute atomic E-state index is 0.132. The lowest BCUT2D eigenvalue weighted by Crippen LogP contribution is -2.21. The van der Waals surface area contributed by atoms with Crippen molar-refractivity contribution in [1.29, 1.82) is 0 Å². The van der Waals surface area contributed by atoms with Crippen LogP contribution in [0.4, 0.5) is 0 Å². The van der Waals surface area contributed by atoms with Gasteiger partial charge in [0, 0.05) is 5.56 Å². The van der Waals surface area contributed by atoms with Crippen LogP contribution >= 0.6 is 0 Å². The van der Waals surface area contributed by atoms with Crippen molar-refractivity contribution in [2.24, 2.45) is 0 Å². The Labute approximate surface area is 86.4 Å². The number of hydrogen-bond acceptors (Lipinski definition) is 1. The van der Waals surface area contributed by atoms with E-state index in [0.29, 0.717) is 0 Å². The first-order chi connectivity index (χ1) is 6.55. The monoisotopic (exact) mass is 190 g/mol. The quantitative estimate of drug-likeness (QED) is 0.655. The molecule has 0 aliphatic heterocycles. The van der Waals surface area contributed by atoms with E-state index < -0.39 is 0 Å². The number of hydrogen-bond donors (Lipinski definition) is 0. The van der Waals surface area contributed by atoms with Crippen LogP contribution < -0.4 is 0 Å². The molecule has 1 heteroatoms. The Morgan fingerprint density at radius 1 is 1.29 bits per heavy atom. The Bertz CT molecular complexity index is 298. The van der Waals surface area contributed by atoms with E-state index in [1.807, 2.05) is 30.3 Å². The SMILES string of the molecule is C=C(OC(C)(C)CC)c1ccccc1. The fourth-order valence-electron chi connectivity index (χ4n) is 1.09. The van der Waals surface area contributed by atoms with Crippen LogP contribution in [0.1, 0.15) is 32.8 Å². The second-order valence-corrected chi connectivity index (χ2v) is 4.00. The highest BCUT2D eigenvalue weighted by molar-refractivity contribution is 5.57. The molecule has 76 valence electrons. The summed E-state index contributed by atoms with van der Waals surface area (Å²) in [7, 11) is 0. The van der Waals surface area contributed by atoms with Gasteiger partial charge in [-0.3, -0.25) is 0 Å². The number of benzene rings is 1. The summed E-state index contributed by atoms with van der Waals surface area (Å²) in [5.41, 5.74) is 0.918. The summed E-state index contributed by atoms with van der Waals surface area (Å²) in [5.74, 6) is 0.748. The van der Waals surface area contributed by atoms with Crippen molar-refractivity contribution < 1.29 is 4.74 Å². The maximum absolute atomic E-state index is 5.78. The summed E-state index contributed by atoms with van der Waals surface area (Å²) >= 11 is 0. The van der Waals surface area contributed by atoms with Crippen LogP contribution in [0.2, 0.25) is 0 Å². The zero-order valence-corrected chi connectivity index (χ0v) is 9.21. The highest BCUT2D eigenvalue weighted by Gasteiger charge is 2.17. The maximum Gasteiger partial charge on any atom is 0.120 e. The predicted molar refractivity (Wildman–Crippen MR) is 60.9 cm³/mol. The molecule has 0 aliphatic carbocycles. The third-order valence-corrected chi connectivity index (χ3v) is 2.35. The second-order valence-electron chi connectivity index (χ2n) is 4.00. The Hall–Kier alpha value is -1.24. The van der Waals surface area contributed by atoms with Gasteiger partial charge in [0.25, 0.3) is 0 Å². The summed E-state index contributed by atoms with van der Waals surface area (Å²) in [6.07, 6.45) is 0.971. The summed E-state index contributed by atoms with van der Waals surface area (Å²) in [5, 5.41) is 0. The predicted octanol–water partition coefficient (Wildman–Crippen LogP) is 3.86. The standard InChI is InChI=1S/C13H18O/c1-5-13(3,4)14-11(2)12-9-7-6-8-10-12/h6-10H,2,5H2,1,3-4H3. The third-order valence-electron chi connectivity index (χ3n) is 2.35. The molecule has 1 aromatic rings. The van der Waals surface area contributed by atoms with Gasteiger partial charge in [0.15, 0.2) is 0 Å². The number of rotatable bonds is 4. The highest BCUT2D eigenvalue weighted by atomic mass is 16.5. The van der Waals surface area contributed by atoms with Crippen molar-refractivity contribution in [3.05, 3.63) is 42.5 Å². The van der Waals surface area contributed by atoms with E-state index in [-0.39, 0.29) is 5.60 Å². The molecule has 0 aromatic heterocycles. The van der Waals surface area contributed by atoms with E-state index in [0.717, 1.165) is 17.7 Å². The maximum atomic E-state index is 5.78. The molecule has 0 unspecified atom stereocenters. The van der Waals surface area contributed by atoms with Crippen LogP contribution in [0.15, 0.2) is 36.9 Å². The average molecular weight is 190 g/mol. The van der Waals surface area contributed by atoms with Gasteiger partial charge in [-0.15, -0.1) is 0 Å². The molecule has 0 aliphatic rings. The molecule has 0 bridgehead atoms. The van der Waals surface area contributed by atoms with E-state index >= 15 is 0 Å². The fraction of sp³-hybridized carbons (Fsp3) is 0.385. The van der Waals surface area contributed by atoms with Gasteiger partial charge < -0.3 is 4.74 Å². The van der Waals surface area contributed by atoms with Crippen molar-refractivity contribution in [3.8, 4) is 0 Å². The van der Waals surface area contributed by atoms with Gasteiger partial charge in [-0.25, -0.2) is 0 Å². The smallest absolute Gasteiger partial charge is 0.120 e. The zero-order chi connectivity index (χ0) is 10.6. The van der Waals surface area contributed by atoms with E-state index in [4.69, 9.17) is 4.74 Å². The average Bonchev–Trinajstić information content (AvgIpc) is 2.19. The summed E-state index contributed by atoms with van der Waals surface area (Å²) in [6, 6.07) is 9.98. The molecule has 0 spiro atoms. The Balaban J connectivity index is 2.69. The first-order valence-electron chi connectivity index (χ1n) is 4.98. The van der Waals surface area contributed by atoms with Crippen molar-refractivity contribution in [2.45, 2.75) is 32.8 Å². The van der Waals surface area contributed by atoms with E-state index in [9.17, 15) is 0 Å². The highest BCUT2D eigenvalue weighted by Crippen LogP contribution is 2.23. The van der Waals surface area contributed by atoms with E-state index in [1.165, 1.54) is 0 Å². The van der Waals surface area contributed by atoms with Crippen molar-refractivity contribution in [1.82, 2.24) is 0 Å². The van der Waals surface area contributed by atoms with Gasteiger partial charge in [0.2, 0.25) is 0 Å². The second kappa shape index (κ2) is 4.32. The molecule has 14 heavy (non-hydrogen) atoms. The topological polar surface area (TPSA) is 9.23 Å². The lowest BCUT2D eigenvalue weighted by atomic mass is 10.1. The largest absolute Gasteiger partial charge is 0.488 e. The molecular formula is C13H18O. The Kier molecular flexibility index (Phi) is 3.34. The Morgan fingerprint density at radius 3 is 2.36 bits per heavy atom. The molecule has 0 radical (unpaired) electrons. The molecule has 1 rings (SSSR count). The van der Waals surface area contributed by atoms with Gasteiger partial charge >= 0.3 is 0 Å². The molecule has 0 saturated carbocycles. The molecule has 0 heterocycles. The number of ether oxygens (including phenoxy) is 1. The van der Waals surface area contributed by atoms with Crippen LogP contribution in [0.25, 0.3) is 5.76 Å². The van der Waals surface area contributed by atoms with Crippen LogP contribution in [0.3, 0.4) is 0 Å². The van der Waals surface area contributed by atoms with Gasteiger partial charge in [0.1, 0.15) is 11.4 Å². The minimum atomic E-state index is -0.132. The molecule has 0 atom stereocenters. The molecule has 1 aromatic carbocycles. The van der Waals surface area contributed by atoms with Gasteiger partial charge in [0.05, 0.1) is 0 Å². The molecule has 0 amide bonds. The van der Waals surface area contributed by atoms with Crippen molar-refractivity contribution in [2.75, 3.05) is 0 Å². The van der Waals surface area contributed by atoms with E-state index in [1.54, 1.807) is 0 Å². The molecule has 0 N–H and O–H groups in total. The fourth-order valence-corrected chi connectivity index (χ4v) is 1.09. The van der Waals surface area contributed by atoms with Crippen LogP contribution in [-0.4, -0.2) is 5.60 Å². The van der Waals surface area contributed by atoms with Crippen molar-refractivity contribution >= 4 is 5.76 Å². The minimum Gasteiger partial charge on any atom is -0.488 e. The zero-order valence-electron chi connectivity index (χ0n) is 9.21. The van der Waals surface area contributed by atoms with E-state index in [2.05, 4.69) is 27.4 Å². The van der Waals surface area contributed by atoms with Gasteiger partial charge in [-0.05, 0) is 20.3 Å². The lowest BCUT2D eigenvalue weighted by molar-refractivity contribution is 0.0738. The summed E-state index contributed by atoms with van der Waals surface area (Å²) in [6.45, 7) is 10.2. The van der Waals surface area contributed by atoms with Gasteiger partial charge in [-0.1, -0.05) is 43.8 Å². The summed E-state index contributed by atoms with van der Waals surface area (Å²) < 4.78 is 5.78. The summed E-state index contributed by atoms with van der Waals surface area (Å²) in [4.78, 5) is 0. The Morgan fingerprint density at radius 2 is 1.86 bits per heavy atom. The van der Waals surface area contributed by atoms with Crippen LogP contribution in [0, 0.1) is 0 Å². The molecular weight excluding hydrogens is 172 g/mol. The van der Waals surface area contributed by atoms with Crippen molar-refractivity contribution in [3.63, 3.8) is 0 Å². The third kappa shape index (κ3) is 2.91. The molecule has 1 nitrogen and oxygen atoms in total. The molecule has 0 saturated heterocycles. The molecule has 0 fully saturated rings. The first-order valence-corrected chi connectivity index (χ1v) is 4.98. The lowest BCUT2D eigenvalue weighted by Gasteiger charge is -2.26. The normalized spacial score (nSPS) is 11.1. The van der Waals surface area contributed by atoms with Crippen LogP contribution in [0.5, 0.6) is 0 Å². The van der Waals surface area contributed by atoms with Crippen LogP contribution in [-0.2, 0) is 4.74 Å².